The van der Waals surface area contributed by atoms with Gasteiger partial charge in [-0.15, -0.1) is 0 Å². The molecule has 1 rings (SSSR count). The zero-order chi connectivity index (χ0) is 10.4. The fraction of sp³-hybridized carbons (Fsp3) is 0.273. The number of carbonyl (C=O) groups is 2. The molecule has 0 amide bonds. The molecule has 0 fully saturated rings. The Morgan fingerprint density at radius 2 is 1.79 bits per heavy atom. The minimum absolute atomic E-state index is 0.328. The van der Waals surface area contributed by atoms with E-state index in [-0.39, 0.29) is 0 Å². The third-order valence-electron chi connectivity index (χ3n) is 2.00. The van der Waals surface area contributed by atoms with Crippen LogP contribution in [-0.2, 0) is 9.59 Å². The summed E-state index contributed by atoms with van der Waals surface area (Å²) in [7, 11) is 0. The van der Waals surface area contributed by atoms with Crippen molar-refractivity contribution in [1.29, 1.82) is 0 Å². The Kier molecular flexibility index (Phi) is 3.40. The van der Waals surface area contributed by atoms with Gasteiger partial charge in [-0.3, -0.25) is 9.59 Å². The highest BCUT2D eigenvalue weighted by Gasteiger charge is 2.29. The number of aldehydes is 2. The first kappa shape index (κ1) is 10.4. The highest BCUT2D eigenvalue weighted by atomic mass is 16.5. The van der Waals surface area contributed by atoms with E-state index in [9.17, 15) is 9.59 Å². The normalized spacial score (nSPS) is 10.6. The van der Waals surface area contributed by atoms with E-state index in [1.54, 1.807) is 31.2 Å². The maximum absolute atomic E-state index is 10.7. The predicted octanol–water partition coefficient (Wildman–Crippen LogP) is 1.61. The van der Waals surface area contributed by atoms with Gasteiger partial charge in [-0.2, -0.15) is 0 Å². The molecule has 3 heteroatoms. The SMILES string of the molecule is CCC(C=O)(C=O)Oc1ccccc1. The van der Waals surface area contributed by atoms with Crippen LogP contribution in [-0.4, -0.2) is 18.2 Å². The van der Waals surface area contributed by atoms with E-state index in [0.717, 1.165) is 0 Å². The molecule has 0 aromatic heterocycles. The molecule has 74 valence electrons. The van der Waals surface area contributed by atoms with E-state index in [1.807, 2.05) is 6.07 Å². The van der Waals surface area contributed by atoms with Crippen LogP contribution in [0.2, 0.25) is 0 Å². The third kappa shape index (κ3) is 2.19. The van der Waals surface area contributed by atoms with Gasteiger partial charge in [0, 0.05) is 0 Å². The summed E-state index contributed by atoms with van der Waals surface area (Å²) >= 11 is 0. The van der Waals surface area contributed by atoms with Gasteiger partial charge in [-0.1, -0.05) is 25.1 Å². The first-order chi connectivity index (χ1) is 6.76. The van der Waals surface area contributed by atoms with Gasteiger partial charge in [-0.25, -0.2) is 0 Å². The molecule has 0 saturated heterocycles. The number of benzene rings is 1. The Balaban J connectivity index is 2.84. The second-order valence-corrected chi connectivity index (χ2v) is 2.96. The van der Waals surface area contributed by atoms with E-state index in [1.165, 1.54) is 0 Å². The average molecular weight is 192 g/mol. The van der Waals surface area contributed by atoms with Crippen molar-refractivity contribution in [3.63, 3.8) is 0 Å². The predicted molar refractivity (Wildman–Crippen MR) is 52.2 cm³/mol. The van der Waals surface area contributed by atoms with Crippen LogP contribution in [0.25, 0.3) is 0 Å². The van der Waals surface area contributed by atoms with Crippen LogP contribution in [0.15, 0.2) is 30.3 Å². The maximum atomic E-state index is 10.7. The molecule has 3 nitrogen and oxygen atoms in total. The fourth-order valence-corrected chi connectivity index (χ4v) is 1.02. The van der Waals surface area contributed by atoms with Gasteiger partial charge >= 0.3 is 0 Å². The largest absolute Gasteiger partial charge is 0.472 e. The van der Waals surface area contributed by atoms with E-state index in [0.29, 0.717) is 24.7 Å². The molecule has 0 spiro atoms. The molecule has 0 heterocycles. The molecule has 0 aliphatic carbocycles. The molecule has 0 aliphatic rings. The zero-order valence-electron chi connectivity index (χ0n) is 7.97. The van der Waals surface area contributed by atoms with Gasteiger partial charge in [0.15, 0.2) is 12.6 Å². The van der Waals surface area contributed by atoms with Crippen LogP contribution in [0.3, 0.4) is 0 Å². The lowest BCUT2D eigenvalue weighted by Gasteiger charge is -2.21. The third-order valence-corrected chi connectivity index (χ3v) is 2.00. The van der Waals surface area contributed by atoms with Crippen LogP contribution in [0.4, 0.5) is 0 Å². The number of para-hydroxylation sites is 1. The van der Waals surface area contributed by atoms with Gasteiger partial charge in [0.05, 0.1) is 0 Å². The van der Waals surface area contributed by atoms with Crippen molar-refractivity contribution in [2.24, 2.45) is 0 Å². The number of hydrogen-bond acceptors (Lipinski definition) is 3. The summed E-state index contributed by atoms with van der Waals surface area (Å²) in [5.74, 6) is 0.522. The Morgan fingerprint density at radius 1 is 1.21 bits per heavy atom. The van der Waals surface area contributed by atoms with Crippen molar-refractivity contribution in [1.82, 2.24) is 0 Å². The first-order valence-electron chi connectivity index (χ1n) is 4.43. The molecular formula is C11H12O3. The van der Waals surface area contributed by atoms with Gasteiger partial charge in [0.25, 0.3) is 0 Å². The second-order valence-electron chi connectivity index (χ2n) is 2.96. The second kappa shape index (κ2) is 4.56. The minimum Gasteiger partial charge on any atom is -0.472 e. The zero-order valence-corrected chi connectivity index (χ0v) is 7.97. The van der Waals surface area contributed by atoms with Crippen molar-refractivity contribution >= 4 is 12.6 Å². The molecule has 1 aromatic rings. The summed E-state index contributed by atoms with van der Waals surface area (Å²) in [6.45, 7) is 1.73. The van der Waals surface area contributed by atoms with E-state index in [2.05, 4.69) is 0 Å². The van der Waals surface area contributed by atoms with Crippen molar-refractivity contribution < 1.29 is 14.3 Å². The van der Waals surface area contributed by atoms with E-state index >= 15 is 0 Å². The monoisotopic (exact) mass is 192 g/mol. The van der Waals surface area contributed by atoms with Crippen LogP contribution in [0.5, 0.6) is 5.75 Å². The number of carbonyl (C=O) groups excluding carboxylic acids is 2. The molecule has 1 aromatic carbocycles. The fourth-order valence-electron chi connectivity index (χ4n) is 1.02. The topological polar surface area (TPSA) is 43.4 Å². The summed E-state index contributed by atoms with van der Waals surface area (Å²) in [5.41, 5.74) is -1.33. The van der Waals surface area contributed by atoms with Crippen LogP contribution < -0.4 is 4.74 Å². The van der Waals surface area contributed by atoms with Crippen molar-refractivity contribution in [2.45, 2.75) is 18.9 Å². The summed E-state index contributed by atoms with van der Waals surface area (Å²) in [6, 6.07) is 8.81. The lowest BCUT2D eigenvalue weighted by molar-refractivity contribution is -0.132. The molecule has 0 N–H and O–H groups in total. The Morgan fingerprint density at radius 3 is 2.21 bits per heavy atom. The summed E-state index contributed by atoms with van der Waals surface area (Å²) in [5, 5.41) is 0. The van der Waals surface area contributed by atoms with Crippen molar-refractivity contribution in [2.75, 3.05) is 0 Å². The molecule has 0 atom stereocenters. The number of ether oxygens (including phenoxy) is 1. The Hall–Kier alpha value is -1.64. The Labute approximate surface area is 82.7 Å². The summed E-state index contributed by atoms with van der Waals surface area (Å²) in [4.78, 5) is 21.5. The maximum Gasteiger partial charge on any atom is 0.218 e. The molecule has 0 unspecified atom stereocenters. The first-order valence-corrected chi connectivity index (χ1v) is 4.43. The summed E-state index contributed by atoms with van der Waals surface area (Å²) < 4.78 is 5.31. The minimum atomic E-state index is -1.33. The number of hydrogen-bond donors (Lipinski definition) is 0. The highest BCUT2D eigenvalue weighted by molar-refractivity contribution is 5.87. The van der Waals surface area contributed by atoms with E-state index < -0.39 is 5.60 Å². The molecule has 14 heavy (non-hydrogen) atoms. The molecule has 0 radical (unpaired) electrons. The molecule has 0 bridgehead atoms. The van der Waals surface area contributed by atoms with Gasteiger partial charge in [0.2, 0.25) is 5.60 Å². The smallest absolute Gasteiger partial charge is 0.218 e. The molecule has 0 aliphatic heterocycles. The molecular weight excluding hydrogens is 180 g/mol. The average Bonchev–Trinajstić information content (AvgIpc) is 2.28. The van der Waals surface area contributed by atoms with Gasteiger partial charge in [-0.05, 0) is 18.6 Å². The molecule has 0 saturated carbocycles. The lowest BCUT2D eigenvalue weighted by atomic mass is 10.1. The Bertz CT molecular complexity index is 298. The standard InChI is InChI=1S/C11H12O3/c1-2-11(8-12,9-13)14-10-6-4-3-5-7-10/h3-9H,2H2,1H3. The quantitative estimate of drug-likeness (QED) is 0.526. The van der Waals surface area contributed by atoms with Crippen molar-refractivity contribution in [3.8, 4) is 5.75 Å². The lowest BCUT2D eigenvalue weighted by Crippen LogP contribution is -2.38. The van der Waals surface area contributed by atoms with E-state index in [4.69, 9.17) is 4.74 Å². The number of rotatable bonds is 5. The van der Waals surface area contributed by atoms with Gasteiger partial charge < -0.3 is 4.74 Å². The summed E-state index contributed by atoms with van der Waals surface area (Å²) in [6.07, 6.45) is 1.40. The van der Waals surface area contributed by atoms with Crippen LogP contribution in [0, 0.1) is 0 Å². The highest BCUT2D eigenvalue weighted by Crippen LogP contribution is 2.17. The van der Waals surface area contributed by atoms with Crippen LogP contribution in [0.1, 0.15) is 13.3 Å². The van der Waals surface area contributed by atoms with Crippen LogP contribution >= 0.6 is 0 Å². The van der Waals surface area contributed by atoms with Gasteiger partial charge in [0.1, 0.15) is 5.75 Å². The van der Waals surface area contributed by atoms with Crippen molar-refractivity contribution in [3.05, 3.63) is 30.3 Å².